The molecule has 2 aromatic carbocycles. The summed E-state index contributed by atoms with van der Waals surface area (Å²) in [6, 6.07) is 17.8. The van der Waals surface area contributed by atoms with Crippen LogP contribution in [0.15, 0.2) is 48.5 Å². The molecule has 1 nitrogen and oxygen atoms in total. The van der Waals surface area contributed by atoms with Crippen LogP contribution >= 0.6 is 0 Å². The number of aryl methyl sites for hydroxylation is 2. The van der Waals surface area contributed by atoms with E-state index < -0.39 is 0 Å². The number of hydrogen-bond acceptors (Lipinski definition) is 1. The van der Waals surface area contributed by atoms with Crippen LogP contribution < -0.4 is 5.32 Å². The molecule has 0 heterocycles. The fourth-order valence-corrected chi connectivity index (χ4v) is 3.23. The minimum Gasteiger partial charge on any atom is -0.377 e. The Bertz CT molecular complexity index is 613. The van der Waals surface area contributed by atoms with Crippen molar-refractivity contribution in [3.8, 4) is 0 Å². The molecule has 1 aliphatic rings. The summed E-state index contributed by atoms with van der Waals surface area (Å²) >= 11 is 0. The second-order valence-corrected chi connectivity index (χ2v) is 6.58. The summed E-state index contributed by atoms with van der Waals surface area (Å²) in [5, 5.41) is 3.80. The average molecular weight is 265 g/mol. The highest BCUT2D eigenvalue weighted by atomic mass is 14.9. The first-order valence-electron chi connectivity index (χ1n) is 7.48. The standard InChI is InChI=1S/C19H23N/c1-14-8-4-7-11-17(14)20-18-16-10-6-5-9-15(16)12-13-19(18,2)3/h4-11,18,20H,12-13H2,1-3H3. The molecule has 0 aliphatic heterocycles. The molecule has 104 valence electrons. The van der Waals surface area contributed by atoms with Crippen molar-refractivity contribution in [2.75, 3.05) is 5.32 Å². The molecule has 1 atom stereocenters. The van der Waals surface area contributed by atoms with Gasteiger partial charge in [0.1, 0.15) is 0 Å². The zero-order valence-electron chi connectivity index (χ0n) is 12.6. The maximum atomic E-state index is 3.80. The second kappa shape index (κ2) is 4.97. The van der Waals surface area contributed by atoms with Gasteiger partial charge < -0.3 is 5.32 Å². The molecule has 0 fully saturated rings. The Morgan fingerprint density at radius 3 is 2.50 bits per heavy atom. The summed E-state index contributed by atoms with van der Waals surface area (Å²) in [6.45, 7) is 6.92. The van der Waals surface area contributed by atoms with E-state index in [1.54, 1.807) is 0 Å². The third kappa shape index (κ3) is 2.33. The van der Waals surface area contributed by atoms with Crippen LogP contribution in [0.5, 0.6) is 0 Å². The molecule has 0 amide bonds. The van der Waals surface area contributed by atoms with Crippen molar-refractivity contribution >= 4 is 5.69 Å². The van der Waals surface area contributed by atoms with Gasteiger partial charge in [0, 0.05) is 5.69 Å². The van der Waals surface area contributed by atoms with Gasteiger partial charge >= 0.3 is 0 Å². The second-order valence-electron chi connectivity index (χ2n) is 6.58. The molecule has 0 bridgehead atoms. The van der Waals surface area contributed by atoms with E-state index >= 15 is 0 Å². The molecule has 20 heavy (non-hydrogen) atoms. The van der Waals surface area contributed by atoms with Gasteiger partial charge in [0.05, 0.1) is 6.04 Å². The summed E-state index contributed by atoms with van der Waals surface area (Å²) in [5.41, 5.74) is 5.80. The Morgan fingerprint density at radius 1 is 1.00 bits per heavy atom. The number of benzene rings is 2. The third-order valence-corrected chi connectivity index (χ3v) is 4.63. The molecule has 0 aromatic heterocycles. The maximum absolute atomic E-state index is 3.80. The quantitative estimate of drug-likeness (QED) is 0.794. The van der Waals surface area contributed by atoms with E-state index in [-0.39, 0.29) is 5.41 Å². The van der Waals surface area contributed by atoms with Crippen LogP contribution in [-0.4, -0.2) is 0 Å². The van der Waals surface area contributed by atoms with Gasteiger partial charge in [-0.05, 0) is 47.9 Å². The van der Waals surface area contributed by atoms with Crippen LogP contribution in [0.25, 0.3) is 0 Å². The average Bonchev–Trinajstić information content (AvgIpc) is 2.44. The summed E-state index contributed by atoms with van der Waals surface area (Å²) in [4.78, 5) is 0. The van der Waals surface area contributed by atoms with Crippen molar-refractivity contribution in [3.63, 3.8) is 0 Å². The highest BCUT2D eigenvalue weighted by molar-refractivity contribution is 5.53. The zero-order valence-corrected chi connectivity index (χ0v) is 12.6. The smallest absolute Gasteiger partial charge is 0.0567 e. The minimum atomic E-state index is 0.274. The topological polar surface area (TPSA) is 12.0 Å². The number of fused-ring (bicyclic) bond motifs is 1. The van der Waals surface area contributed by atoms with Gasteiger partial charge in [-0.3, -0.25) is 0 Å². The van der Waals surface area contributed by atoms with Gasteiger partial charge in [-0.2, -0.15) is 0 Å². The molecule has 0 spiro atoms. The van der Waals surface area contributed by atoms with Crippen LogP contribution in [-0.2, 0) is 6.42 Å². The number of para-hydroxylation sites is 1. The predicted molar refractivity (Wildman–Crippen MR) is 86.1 cm³/mol. The number of hydrogen-bond donors (Lipinski definition) is 1. The lowest BCUT2D eigenvalue weighted by molar-refractivity contribution is 0.265. The lowest BCUT2D eigenvalue weighted by atomic mass is 9.70. The van der Waals surface area contributed by atoms with E-state index in [2.05, 4.69) is 74.6 Å². The normalized spacial score (nSPS) is 20.2. The molecule has 3 rings (SSSR count). The first-order valence-corrected chi connectivity index (χ1v) is 7.48. The van der Waals surface area contributed by atoms with E-state index in [9.17, 15) is 0 Å². The van der Waals surface area contributed by atoms with Crippen LogP contribution in [0.4, 0.5) is 5.69 Å². The Kier molecular flexibility index (Phi) is 3.29. The molecule has 2 aromatic rings. The van der Waals surface area contributed by atoms with E-state index in [0.29, 0.717) is 6.04 Å². The van der Waals surface area contributed by atoms with Gasteiger partial charge in [0.2, 0.25) is 0 Å². The monoisotopic (exact) mass is 265 g/mol. The molecule has 1 unspecified atom stereocenters. The first-order chi connectivity index (χ1) is 9.58. The molecule has 1 aliphatic carbocycles. The van der Waals surface area contributed by atoms with Crippen molar-refractivity contribution in [2.45, 2.75) is 39.7 Å². The SMILES string of the molecule is Cc1ccccc1NC1c2ccccc2CCC1(C)C. The lowest BCUT2D eigenvalue weighted by Crippen LogP contribution is -2.33. The van der Waals surface area contributed by atoms with Crippen molar-refractivity contribution in [3.05, 3.63) is 65.2 Å². The van der Waals surface area contributed by atoms with E-state index in [1.807, 2.05) is 0 Å². The molecule has 0 saturated carbocycles. The van der Waals surface area contributed by atoms with E-state index in [0.717, 1.165) is 0 Å². The van der Waals surface area contributed by atoms with E-state index in [4.69, 9.17) is 0 Å². The van der Waals surface area contributed by atoms with Gasteiger partial charge in [0.15, 0.2) is 0 Å². The van der Waals surface area contributed by atoms with Gasteiger partial charge in [-0.15, -0.1) is 0 Å². The Balaban J connectivity index is 2.00. The highest BCUT2D eigenvalue weighted by Crippen LogP contribution is 2.45. The fraction of sp³-hybridized carbons (Fsp3) is 0.368. The summed E-state index contributed by atoms with van der Waals surface area (Å²) in [5.74, 6) is 0. The largest absolute Gasteiger partial charge is 0.377 e. The maximum Gasteiger partial charge on any atom is 0.0567 e. The summed E-state index contributed by atoms with van der Waals surface area (Å²) in [6.07, 6.45) is 2.42. The first kappa shape index (κ1) is 13.2. The fourth-order valence-electron chi connectivity index (χ4n) is 3.23. The van der Waals surface area contributed by atoms with Gasteiger partial charge in [-0.1, -0.05) is 56.3 Å². The Labute approximate surface area is 122 Å². The molecule has 0 saturated heterocycles. The highest BCUT2D eigenvalue weighted by Gasteiger charge is 2.35. The summed E-state index contributed by atoms with van der Waals surface area (Å²) in [7, 11) is 0. The number of rotatable bonds is 2. The molecular formula is C19H23N. The van der Waals surface area contributed by atoms with Crippen LogP contribution in [0.3, 0.4) is 0 Å². The van der Waals surface area contributed by atoms with Crippen LogP contribution in [0.2, 0.25) is 0 Å². The zero-order chi connectivity index (χ0) is 14.2. The number of anilines is 1. The Morgan fingerprint density at radius 2 is 1.70 bits per heavy atom. The van der Waals surface area contributed by atoms with Crippen LogP contribution in [0, 0.1) is 12.3 Å². The summed E-state index contributed by atoms with van der Waals surface area (Å²) < 4.78 is 0. The van der Waals surface area contributed by atoms with Crippen molar-refractivity contribution < 1.29 is 0 Å². The predicted octanol–water partition coefficient (Wildman–Crippen LogP) is 5.12. The van der Waals surface area contributed by atoms with Crippen LogP contribution in [0.1, 0.15) is 43.0 Å². The van der Waals surface area contributed by atoms with E-state index in [1.165, 1.54) is 35.2 Å². The van der Waals surface area contributed by atoms with Crippen molar-refractivity contribution in [1.29, 1.82) is 0 Å². The molecule has 1 N–H and O–H groups in total. The van der Waals surface area contributed by atoms with Gasteiger partial charge in [0.25, 0.3) is 0 Å². The number of nitrogens with one attached hydrogen (secondary N) is 1. The minimum absolute atomic E-state index is 0.274. The van der Waals surface area contributed by atoms with Crippen molar-refractivity contribution in [2.24, 2.45) is 5.41 Å². The van der Waals surface area contributed by atoms with Gasteiger partial charge in [-0.25, -0.2) is 0 Å². The molecular weight excluding hydrogens is 242 g/mol. The van der Waals surface area contributed by atoms with Crippen molar-refractivity contribution in [1.82, 2.24) is 0 Å². The lowest BCUT2D eigenvalue weighted by Gasteiger charge is -2.41. The molecule has 0 radical (unpaired) electrons. The Hall–Kier alpha value is -1.76. The third-order valence-electron chi connectivity index (χ3n) is 4.63. The molecule has 1 heteroatoms.